The van der Waals surface area contributed by atoms with E-state index in [2.05, 4.69) is 10.6 Å². The summed E-state index contributed by atoms with van der Waals surface area (Å²) in [6.07, 6.45) is -6.11. The molecule has 11 heteroatoms. The number of nitrogens with one attached hydrogen (secondary N) is 2. The minimum absolute atomic E-state index is 0.140. The minimum Gasteiger partial charge on any atom is -0.395 e. The quantitative estimate of drug-likeness (QED) is 0.362. The predicted octanol–water partition coefficient (Wildman–Crippen LogP) is 5.19. The standard InChI is InChI=1S/C23H30F6N4O/c1-14(22(24,25)26)12-19(13-20(30)23(27,28)29)33(3)18-10-8-17(9-11-18)32-21(34)15-4-6-16(31-2)7-5-15/h4-7,12-14,17-18,31H,8-11,30H2,1-3H3,(H,32,34)/b19-12+,20-13-. The zero-order valence-corrected chi connectivity index (χ0v) is 19.2. The number of nitrogens with two attached hydrogens (primary N) is 1. The molecule has 0 heterocycles. The average molecular weight is 493 g/mol. The lowest BCUT2D eigenvalue weighted by atomic mass is 9.89. The van der Waals surface area contributed by atoms with Crippen LogP contribution in [-0.4, -0.2) is 49.3 Å². The Morgan fingerprint density at radius 1 is 1.09 bits per heavy atom. The third-order valence-corrected chi connectivity index (χ3v) is 5.99. The van der Waals surface area contributed by atoms with E-state index >= 15 is 0 Å². The van der Waals surface area contributed by atoms with E-state index in [-0.39, 0.29) is 23.7 Å². The molecular formula is C23H30F6N4O. The predicted molar refractivity (Wildman–Crippen MR) is 119 cm³/mol. The molecule has 0 bridgehead atoms. The highest BCUT2D eigenvalue weighted by molar-refractivity contribution is 5.94. The zero-order valence-electron chi connectivity index (χ0n) is 19.2. The SMILES string of the molecule is CNc1ccc(C(=O)NC2CCC(N(C)C(/C=C(\N)C(F)(F)F)=C/C(C)C(F)(F)F)CC2)cc1. The first-order valence-electron chi connectivity index (χ1n) is 10.9. The Bertz CT molecular complexity index is 884. The molecule has 0 radical (unpaired) electrons. The molecule has 1 aliphatic rings. The van der Waals surface area contributed by atoms with Crippen molar-refractivity contribution in [2.75, 3.05) is 19.4 Å². The van der Waals surface area contributed by atoms with Gasteiger partial charge < -0.3 is 21.3 Å². The number of carbonyl (C=O) groups is 1. The van der Waals surface area contributed by atoms with Crippen molar-refractivity contribution >= 4 is 11.6 Å². The van der Waals surface area contributed by atoms with Crippen LogP contribution in [0.3, 0.4) is 0 Å². The van der Waals surface area contributed by atoms with Crippen molar-refractivity contribution in [2.45, 2.75) is 57.0 Å². The van der Waals surface area contributed by atoms with Crippen molar-refractivity contribution in [1.29, 1.82) is 0 Å². The molecule has 4 N–H and O–H groups in total. The zero-order chi connectivity index (χ0) is 25.7. The van der Waals surface area contributed by atoms with E-state index in [0.717, 1.165) is 18.7 Å². The minimum atomic E-state index is -4.85. The van der Waals surface area contributed by atoms with E-state index in [1.807, 2.05) is 0 Å². The maximum Gasteiger partial charge on any atom is 0.430 e. The molecule has 1 amide bonds. The smallest absolute Gasteiger partial charge is 0.395 e. The maximum atomic E-state index is 13.1. The molecular weight excluding hydrogens is 462 g/mol. The fraction of sp³-hybridized carbons (Fsp3) is 0.522. The molecule has 2 rings (SSSR count). The number of halogens is 6. The summed E-state index contributed by atoms with van der Waals surface area (Å²) in [4.78, 5) is 13.9. The van der Waals surface area contributed by atoms with Gasteiger partial charge in [0.1, 0.15) is 5.70 Å². The molecule has 1 aromatic carbocycles. The Morgan fingerprint density at radius 3 is 2.12 bits per heavy atom. The van der Waals surface area contributed by atoms with Crippen molar-refractivity contribution in [2.24, 2.45) is 11.7 Å². The highest BCUT2D eigenvalue weighted by atomic mass is 19.4. The second kappa shape index (κ2) is 11.1. The fourth-order valence-electron chi connectivity index (χ4n) is 3.73. The van der Waals surface area contributed by atoms with E-state index in [4.69, 9.17) is 5.73 Å². The van der Waals surface area contributed by atoms with E-state index < -0.39 is 24.0 Å². The molecule has 1 fully saturated rings. The fourth-order valence-corrected chi connectivity index (χ4v) is 3.73. The van der Waals surface area contributed by atoms with Crippen molar-refractivity contribution < 1.29 is 31.1 Å². The van der Waals surface area contributed by atoms with E-state index in [1.165, 1.54) is 11.9 Å². The maximum absolute atomic E-state index is 13.1. The van der Waals surface area contributed by atoms with Gasteiger partial charge in [0.05, 0.1) is 5.92 Å². The second-order valence-corrected chi connectivity index (χ2v) is 8.44. The van der Waals surface area contributed by atoms with Crippen molar-refractivity contribution in [3.63, 3.8) is 0 Å². The van der Waals surface area contributed by atoms with Crippen molar-refractivity contribution in [3.8, 4) is 0 Å². The van der Waals surface area contributed by atoms with Gasteiger partial charge in [-0.05, 0) is 62.1 Å². The van der Waals surface area contributed by atoms with E-state index in [9.17, 15) is 31.1 Å². The first-order valence-corrected chi connectivity index (χ1v) is 10.9. The van der Waals surface area contributed by atoms with Gasteiger partial charge in [-0.15, -0.1) is 0 Å². The topological polar surface area (TPSA) is 70.4 Å². The van der Waals surface area contributed by atoms with Crippen LogP contribution >= 0.6 is 0 Å². The number of anilines is 1. The van der Waals surface area contributed by atoms with Crippen LogP contribution in [-0.2, 0) is 0 Å². The summed E-state index contributed by atoms with van der Waals surface area (Å²) < 4.78 is 78.0. The van der Waals surface area contributed by atoms with Crippen LogP contribution in [0.4, 0.5) is 32.0 Å². The molecule has 1 aromatic rings. The average Bonchev–Trinajstić information content (AvgIpc) is 2.77. The third kappa shape index (κ3) is 7.59. The molecule has 0 aromatic heterocycles. The Labute approximate surface area is 195 Å². The number of allylic oxidation sites excluding steroid dienone is 3. The molecule has 1 aliphatic carbocycles. The molecule has 0 spiro atoms. The Hall–Kier alpha value is -2.85. The van der Waals surface area contributed by atoms with Gasteiger partial charge in [-0.3, -0.25) is 4.79 Å². The number of nitrogens with zero attached hydrogens (tertiary/aromatic N) is 1. The number of rotatable bonds is 7. The second-order valence-electron chi connectivity index (χ2n) is 8.44. The van der Waals surface area contributed by atoms with Crippen LogP contribution in [0.25, 0.3) is 0 Å². The lowest BCUT2D eigenvalue weighted by Crippen LogP contribution is -2.42. The van der Waals surface area contributed by atoms with Gasteiger partial charge in [0, 0.05) is 43.1 Å². The molecule has 5 nitrogen and oxygen atoms in total. The number of amides is 1. The van der Waals surface area contributed by atoms with Gasteiger partial charge in [-0.2, -0.15) is 26.3 Å². The third-order valence-electron chi connectivity index (χ3n) is 5.99. The molecule has 1 unspecified atom stereocenters. The van der Waals surface area contributed by atoms with Crippen molar-refractivity contribution in [3.05, 3.63) is 53.4 Å². The summed E-state index contributed by atoms with van der Waals surface area (Å²) in [5.74, 6) is -2.19. The van der Waals surface area contributed by atoms with Gasteiger partial charge in [-0.25, -0.2) is 0 Å². The Morgan fingerprint density at radius 2 is 1.65 bits per heavy atom. The largest absolute Gasteiger partial charge is 0.430 e. The summed E-state index contributed by atoms with van der Waals surface area (Å²) in [6, 6.07) is 6.49. The Balaban J connectivity index is 2.07. The van der Waals surface area contributed by atoms with Crippen LogP contribution in [0.5, 0.6) is 0 Å². The molecule has 190 valence electrons. The van der Waals surface area contributed by atoms with Gasteiger partial charge >= 0.3 is 12.4 Å². The van der Waals surface area contributed by atoms with Crippen LogP contribution in [0.15, 0.2) is 47.8 Å². The number of hydrogen-bond acceptors (Lipinski definition) is 4. The van der Waals surface area contributed by atoms with Gasteiger partial charge in [0.15, 0.2) is 0 Å². The molecule has 1 atom stereocenters. The van der Waals surface area contributed by atoms with Gasteiger partial charge in [-0.1, -0.05) is 6.92 Å². The molecule has 1 saturated carbocycles. The number of likely N-dealkylation sites (N-methyl/N-ethyl adjacent to an activating group) is 1. The van der Waals surface area contributed by atoms with Crippen molar-refractivity contribution in [1.82, 2.24) is 10.2 Å². The number of hydrogen-bond donors (Lipinski definition) is 3. The van der Waals surface area contributed by atoms with Crippen LogP contribution < -0.4 is 16.4 Å². The number of alkyl halides is 6. The highest BCUT2D eigenvalue weighted by Crippen LogP contribution is 2.32. The van der Waals surface area contributed by atoms with E-state index in [0.29, 0.717) is 37.3 Å². The molecule has 0 saturated heterocycles. The van der Waals surface area contributed by atoms with Crippen LogP contribution in [0, 0.1) is 5.92 Å². The first kappa shape index (κ1) is 27.4. The molecule has 0 aliphatic heterocycles. The normalized spacial score (nSPS) is 21.1. The molecule has 34 heavy (non-hydrogen) atoms. The first-order chi connectivity index (χ1) is 15.7. The summed E-state index contributed by atoms with van der Waals surface area (Å²) in [6.45, 7) is 0.876. The number of carbonyl (C=O) groups excluding carboxylic acids is 1. The lowest BCUT2D eigenvalue weighted by molar-refractivity contribution is -0.156. The van der Waals surface area contributed by atoms with E-state index in [1.54, 1.807) is 31.3 Å². The Kier molecular flexibility index (Phi) is 8.90. The summed E-state index contributed by atoms with van der Waals surface area (Å²) >= 11 is 0. The summed E-state index contributed by atoms with van der Waals surface area (Å²) in [5, 5.41) is 5.90. The summed E-state index contributed by atoms with van der Waals surface area (Å²) in [5.41, 5.74) is 4.75. The number of benzene rings is 1. The van der Waals surface area contributed by atoms with Crippen LogP contribution in [0.2, 0.25) is 0 Å². The lowest BCUT2D eigenvalue weighted by Gasteiger charge is -2.37. The highest BCUT2D eigenvalue weighted by Gasteiger charge is 2.37. The van der Waals surface area contributed by atoms with Gasteiger partial charge in [0.25, 0.3) is 5.91 Å². The van der Waals surface area contributed by atoms with Gasteiger partial charge in [0.2, 0.25) is 0 Å². The monoisotopic (exact) mass is 492 g/mol. The van der Waals surface area contributed by atoms with Crippen LogP contribution in [0.1, 0.15) is 43.0 Å². The summed E-state index contributed by atoms with van der Waals surface area (Å²) in [7, 11) is 3.23.